The van der Waals surface area contributed by atoms with Crippen molar-refractivity contribution in [3.63, 3.8) is 0 Å². The molecule has 0 spiro atoms. The Morgan fingerprint density at radius 1 is 1.35 bits per heavy atom. The minimum Gasteiger partial charge on any atom is -0.383 e. The molecule has 1 saturated carbocycles. The second kappa shape index (κ2) is 5.54. The van der Waals surface area contributed by atoms with Crippen LogP contribution in [0.3, 0.4) is 0 Å². The van der Waals surface area contributed by atoms with Gasteiger partial charge in [0.1, 0.15) is 0 Å². The highest BCUT2D eigenvalue weighted by molar-refractivity contribution is 5.46. The monoisotopic (exact) mass is 232 g/mol. The van der Waals surface area contributed by atoms with Crippen LogP contribution in [0.15, 0.2) is 24.3 Å². The molecule has 2 rings (SSSR count). The number of hydrogen-bond acceptors (Lipinski definition) is 2. The van der Waals surface area contributed by atoms with Crippen LogP contribution in [0, 0.1) is 5.92 Å². The topological polar surface area (TPSA) is 15.3 Å². The number of hydrogen-bond donors (Lipinski definition) is 1. The fourth-order valence-electron chi connectivity index (χ4n) is 2.32. The zero-order valence-electron chi connectivity index (χ0n) is 11.2. The van der Waals surface area contributed by atoms with Crippen LogP contribution in [0.2, 0.25) is 0 Å². The third-order valence-electron chi connectivity index (χ3n) is 3.22. The maximum atomic E-state index is 3.61. The maximum Gasteiger partial charge on any atom is 0.0345 e. The molecule has 2 nitrogen and oxygen atoms in total. The van der Waals surface area contributed by atoms with Gasteiger partial charge in [-0.25, -0.2) is 0 Å². The molecule has 1 aromatic carbocycles. The van der Waals surface area contributed by atoms with E-state index in [-0.39, 0.29) is 0 Å². The first-order valence-electron chi connectivity index (χ1n) is 6.63. The molecule has 2 heteroatoms. The van der Waals surface area contributed by atoms with Crippen molar-refractivity contribution in [3.05, 3.63) is 29.8 Å². The summed E-state index contributed by atoms with van der Waals surface area (Å²) in [4.78, 5) is 2.20. The molecule has 1 atom stereocenters. The van der Waals surface area contributed by atoms with Crippen molar-refractivity contribution in [1.29, 1.82) is 0 Å². The van der Waals surface area contributed by atoms with E-state index in [2.05, 4.69) is 55.5 Å². The molecule has 0 saturated heterocycles. The zero-order chi connectivity index (χ0) is 12.3. The Bertz CT molecular complexity index is 356. The molecule has 17 heavy (non-hydrogen) atoms. The van der Waals surface area contributed by atoms with Crippen LogP contribution in [0.1, 0.15) is 31.7 Å². The van der Waals surface area contributed by atoms with Crippen LogP contribution in [0.5, 0.6) is 0 Å². The van der Waals surface area contributed by atoms with E-state index >= 15 is 0 Å². The van der Waals surface area contributed by atoms with Gasteiger partial charge < -0.3 is 10.2 Å². The highest BCUT2D eigenvalue weighted by Gasteiger charge is 2.23. The summed E-state index contributed by atoms with van der Waals surface area (Å²) in [6.07, 6.45) is 4.19. The smallest absolute Gasteiger partial charge is 0.0345 e. The number of nitrogens with one attached hydrogen (secondary N) is 1. The molecule has 94 valence electrons. The summed E-state index contributed by atoms with van der Waals surface area (Å²) < 4.78 is 0. The van der Waals surface area contributed by atoms with E-state index < -0.39 is 0 Å². The van der Waals surface area contributed by atoms with Gasteiger partial charge in [-0.05, 0) is 51.1 Å². The largest absolute Gasteiger partial charge is 0.383 e. The van der Waals surface area contributed by atoms with Crippen molar-refractivity contribution in [2.75, 3.05) is 19.4 Å². The van der Waals surface area contributed by atoms with Crippen molar-refractivity contribution >= 4 is 5.69 Å². The summed E-state index contributed by atoms with van der Waals surface area (Å²) in [5.74, 6) is 0.988. The molecular weight excluding hydrogens is 208 g/mol. The molecule has 1 aromatic rings. The molecule has 1 fully saturated rings. The fourth-order valence-corrected chi connectivity index (χ4v) is 2.32. The average molecular weight is 232 g/mol. The summed E-state index contributed by atoms with van der Waals surface area (Å²) in [5, 5.41) is 3.61. The summed E-state index contributed by atoms with van der Waals surface area (Å²) in [6, 6.07) is 9.37. The highest BCUT2D eigenvalue weighted by atomic mass is 15.0. The van der Waals surface area contributed by atoms with E-state index in [9.17, 15) is 0 Å². The van der Waals surface area contributed by atoms with Gasteiger partial charge in [0, 0.05) is 18.3 Å². The molecule has 1 unspecified atom stereocenters. The number of benzene rings is 1. The first kappa shape index (κ1) is 12.4. The predicted molar refractivity (Wildman–Crippen MR) is 74.3 cm³/mol. The number of anilines is 1. The van der Waals surface area contributed by atoms with Gasteiger partial charge in [-0.1, -0.05) is 25.0 Å². The predicted octanol–water partition coefficient (Wildman–Crippen LogP) is 3.35. The third kappa shape index (κ3) is 4.39. The Morgan fingerprint density at radius 3 is 2.76 bits per heavy atom. The molecular formula is C15H24N2. The normalized spacial score (nSPS) is 17.2. The van der Waals surface area contributed by atoms with E-state index in [1.165, 1.54) is 30.5 Å². The van der Waals surface area contributed by atoms with Crippen LogP contribution in [0.25, 0.3) is 0 Å². The number of nitrogens with zero attached hydrogens (tertiary/aromatic N) is 1. The lowest BCUT2D eigenvalue weighted by Crippen LogP contribution is -2.16. The van der Waals surface area contributed by atoms with Gasteiger partial charge in [0.25, 0.3) is 0 Å². The second-order valence-electron chi connectivity index (χ2n) is 5.66. The van der Waals surface area contributed by atoms with E-state index in [1.807, 2.05) is 0 Å². The Morgan fingerprint density at radius 2 is 2.12 bits per heavy atom. The Labute approximate surface area is 105 Å². The second-order valence-corrected chi connectivity index (χ2v) is 5.66. The van der Waals surface area contributed by atoms with Gasteiger partial charge in [-0.3, -0.25) is 0 Å². The maximum absolute atomic E-state index is 3.61. The molecule has 0 aliphatic heterocycles. The molecule has 1 N–H and O–H groups in total. The van der Waals surface area contributed by atoms with Crippen LogP contribution in [0.4, 0.5) is 5.69 Å². The molecule has 0 bridgehead atoms. The Balaban J connectivity index is 1.90. The highest BCUT2D eigenvalue weighted by Crippen LogP contribution is 2.34. The van der Waals surface area contributed by atoms with Crippen molar-refractivity contribution in [2.24, 2.45) is 5.92 Å². The number of rotatable bonds is 6. The van der Waals surface area contributed by atoms with E-state index in [4.69, 9.17) is 0 Å². The first-order valence-corrected chi connectivity index (χ1v) is 6.63. The minimum absolute atomic E-state index is 0.595. The lowest BCUT2D eigenvalue weighted by Gasteiger charge is -2.16. The van der Waals surface area contributed by atoms with Gasteiger partial charge in [0.2, 0.25) is 0 Å². The quantitative estimate of drug-likeness (QED) is 0.809. The lowest BCUT2D eigenvalue weighted by molar-refractivity contribution is 0.402. The molecule has 0 aromatic heterocycles. The zero-order valence-corrected chi connectivity index (χ0v) is 11.2. The van der Waals surface area contributed by atoms with Crippen molar-refractivity contribution < 1.29 is 0 Å². The summed E-state index contributed by atoms with van der Waals surface area (Å²) in [7, 11) is 4.21. The molecule has 1 aliphatic rings. The third-order valence-corrected chi connectivity index (χ3v) is 3.22. The van der Waals surface area contributed by atoms with Crippen molar-refractivity contribution in [2.45, 2.75) is 38.8 Å². The Hall–Kier alpha value is -1.02. The standard InChI is InChI=1S/C15H24N2/c1-12(9-13-7-8-13)16-15-6-4-5-14(10-15)11-17(2)3/h4-6,10,12-13,16H,7-9,11H2,1-3H3. The van der Waals surface area contributed by atoms with Gasteiger partial charge >= 0.3 is 0 Å². The minimum atomic E-state index is 0.595. The molecule has 1 aliphatic carbocycles. The summed E-state index contributed by atoms with van der Waals surface area (Å²) in [6.45, 7) is 3.30. The van der Waals surface area contributed by atoms with Crippen LogP contribution >= 0.6 is 0 Å². The van der Waals surface area contributed by atoms with Crippen molar-refractivity contribution in [3.8, 4) is 0 Å². The van der Waals surface area contributed by atoms with E-state index in [0.29, 0.717) is 6.04 Å². The SMILES string of the molecule is CC(CC1CC1)Nc1cccc(CN(C)C)c1. The van der Waals surface area contributed by atoms with Crippen LogP contribution in [-0.4, -0.2) is 25.0 Å². The van der Waals surface area contributed by atoms with Gasteiger partial charge in [-0.2, -0.15) is 0 Å². The fraction of sp³-hybridized carbons (Fsp3) is 0.600. The summed E-state index contributed by atoms with van der Waals surface area (Å²) >= 11 is 0. The van der Waals surface area contributed by atoms with Crippen molar-refractivity contribution in [1.82, 2.24) is 4.90 Å². The van der Waals surface area contributed by atoms with E-state index in [0.717, 1.165) is 12.5 Å². The lowest BCUT2D eigenvalue weighted by atomic mass is 10.1. The summed E-state index contributed by atoms with van der Waals surface area (Å²) in [5.41, 5.74) is 2.64. The first-order chi connectivity index (χ1) is 8.13. The molecule has 0 heterocycles. The molecule has 0 radical (unpaired) electrons. The van der Waals surface area contributed by atoms with Crippen LogP contribution < -0.4 is 5.32 Å². The van der Waals surface area contributed by atoms with Gasteiger partial charge in [0.05, 0.1) is 0 Å². The Kier molecular flexibility index (Phi) is 4.06. The van der Waals surface area contributed by atoms with Gasteiger partial charge in [-0.15, -0.1) is 0 Å². The van der Waals surface area contributed by atoms with E-state index in [1.54, 1.807) is 0 Å². The van der Waals surface area contributed by atoms with Crippen LogP contribution in [-0.2, 0) is 6.54 Å². The molecule has 0 amide bonds. The van der Waals surface area contributed by atoms with Gasteiger partial charge in [0.15, 0.2) is 0 Å². The average Bonchev–Trinajstić information content (AvgIpc) is 3.00.